The average Bonchev–Trinajstić information content (AvgIpc) is 2.06. The molecule has 5 heteroatoms. The Morgan fingerprint density at radius 2 is 1.67 bits per heavy atom. The van der Waals surface area contributed by atoms with Gasteiger partial charge in [0.2, 0.25) is 0 Å². The summed E-state index contributed by atoms with van der Waals surface area (Å²) in [5, 5.41) is 0. The maximum absolute atomic E-state index is 5.63. The van der Waals surface area contributed by atoms with Crippen molar-refractivity contribution in [2.75, 3.05) is 26.2 Å². The summed E-state index contributed by atoms with van der Waals surface area (Å²) in [5.41, 5.74) is 0. The van der Waals surface area contributed by atoms with Gasteiger partial charge in [0.1, 0.15) is 0 Å². The van der Waals surface area contributed by atoms with Crippen LogP contribution in [0, 0.1) is 0 Å². The zero-order valence-corrected chi connectivity index (χ0v) is 9.69. The summed E-state index contributed by atoms with van der Waals surface area (Å²) >= 11 is 5.63. The van der Waals surface area contributed by atoms with Crippen LogP contribution in [0.5, 0.6) is 0 Å². The van der Waals surface area contributed by atoms with Crippen molar-refractivity contribution in [3.63, 3.8) is 0 Å². The molecule has 0 aliphatic rings. The number of rotatable bonds is 7. The standard InChI is InChI=1S/C7H17ClO3Si/c1-4-10-12(9-3,7-6-8)11-5-2/h4-7H2,1-3H3. The number of hydrogen-bond donors (Lipinski definition) is 0. The summed E-state index contributed by atoms with van der Waals surface area (Å²) in [6.45, 7) is 5.07. The predicted molar refractivity (Wildman–Crippen MR) is 51.5 cm³/mol. The molecule has 0 heterocycles. The van der Waals surface area contributed by atoms with Gasteiger partial charge in [-0.2, -0.15) is 0 Å². The zero-order valence-electron chi connectivity index (χ0n) is 7.93. The minimum Gasteiger partial charge on any atom is -0.377 e. The predicted octanol–water partition coefficient (Wildman–Crippen LogP) is 1.88. The van der Waals surface area contributed by atoms with Crippen LogP contribution in [0.15, 0.2) is 0 Å². The Kier molecular flexibility index (Phi) is 7.08. The fourth-order valence-electron chi connectivity index (χ4n) is 0.961. The van der Waals surface area contributed by atoms with E-state index < -0.39 is 8.80 Å². The molecule has 12 heavy (non-hydrogen) atoms. The second kappa shape index (κ2) is 6.86. The van der Waals surface area contributed by atoms with Crippen molar-refractivity contribution >= 4 is 20.4 Å². The van der Waals surface area contributed by atoms with Gasteiger partial charge in [-0.15, -0.1) is 11.6 Å². The van der Waals surface area contributed by atoms with Crippen LogP contribution < -0.4 is 0 Å². The van der Waals surface area contributed by atoms with Crippen molar-refractivity contribution in [1.29, 1.82) is 0 Å². The molecule has 3 nitrogen and oxygen atoms in total. The lowest BCUT2D eigenvalue weighted by atomic mass is 10.9. The Balaban J connectivity index is 4.06. The van der Waals surface area contributed by atoms with Crippen molar-refractivity contribution in [2.24, 2.45) is 0 Å². The van der Waals surface area contributed by atoms with Crippen LogP contribution in [0.3, 0.4) is 0 Å². The molecule has 0 aromatic rings. The molecule has 0 aromatic heterocycles. The smallest absolute Gasteiger partial charge is 0.377 e. The normalized spacial score (nSPS) is 12.0. The van der Waals surface area contributed by atoms with Gasteiger partial charge in [-0.05, 0) is 13.8 Å². The summed E-state index contributed by atoms with van der Waals surface area (Å²) in [5.74, 6) is 0.514. The molecule has 0 saturated carbocycles. The third kappa shape index (κ3) is 3.87. The van der Waals surface area contributed by atoms with Crippen molar-refractivity contribution in [3.05, 3.63) is 0 Å². The van der Waals surface area contributed by atoms with Gasteiger partial charge in [-0.25, -0.2) is 0 Å². The van der Waals surface area contributed by atoms with Crippen LogP contribution in [-0.2, 0) is 13.3 Å². The first-order chi connectivity index (χ1) is 5.74. The molecule has 0 aliphatic carbocycles. The third-order valence-electron chi connectivity index (χ3n) is 1.44. The van der Waals surface area contributed by atoms with Gasteiger partial charge in [-0.3, -0.25) is 0 Å². The number of alkyl halides is 1. The molecule has 0 fully saturated rings. The van der Waals surface area contributed by atoms with E-state index in [0.29, 0.717) is 25.1 Å². The van der Waals surface area contributed by atoms with E-state index in [2.05, 4.69) is 0 Å². The molecule has 0 atom stereocenters. The van der Waals surface area contributed by atoms with Crippen LogP contribution in [0.4, 0.5) is 0 Å². The molecule has 0 N–H and O–H groups in total. The van der Waals surface area contributed by atoms with E-state index in [-0.39, 0.29) is 0 Å². The van der Waals surface area contributed by atoms with Crippen molar-refractivity contribution in [3.8, 4) is 0 Å². The Morgan fingerprint density at radius 1 is 1.17 bits per heavy atom. The molecule has 0 spiro atoms. The second-order valence-electron chi connectivity index (χ2n) is 2.19. The van der Waals surface area contributed by atoms with Gasteiger partial charge in [0, 0.05) is 32.2 Å². The van der Waals surface area contributed by atoms with Crippen LogP contribution in [0.25, 0.3) is 0 Å². The van der Waals surface area contributed by atoms with Crippen molar-refractivity contribution in [1.82, 2.24) is 0 Å². The highest BCUT2D eigenvalue weighted by molar-refractivity contribution is 6.61. The van der Waals surface area contributed by atoms with E-state index in [1.165, 1.54) is 0 Å². The van der Waals surface area contributed by atoms with Gasteiger partial charge in [-0.1, -0.05) is 0 Å². The largest absolute Gasteiger partial charge is 0.501 e. The third-order valence-corrected chi connectivity index (χ3v) is 4.89. The minimum absolute atomic E-state index is 0.514. The van der Waals surface area contributed by atoms with Crippen molar-refractivity contribution < 1.29 is 13.3 Å². The molecule has 0 rings (SSSR count). The molecular weight excluding hydrogens is 196 g/mol. The van der Waals surface area contributed by atoms with E-state index in [1.807, 2.05) is 13.8 Å². The fraction of sp³-hybridized carbons (Fsp3) is 1.00. The first kappa shape index (κ1) is 12.4. The van der Waals surface area contributed by atoms with Gasteiger partial charge in [0.25, 0.3) is 0 Å². The van der Waals surface area contributed by atoms with Gasteiger partial charge >= 0.3 is 8.80 Å². The van der Waals surface area contributed by atoms with Gasteiger partial charge in [0.15, 0.2) is 0 Å². The lowest BCUT2D eigenvalue weighted by molar-refractivity contribution is 0.0882. The second-order valence-corrected chi connectivity index (χ2v) is 5.42. The SMILES string of the molecule is CCO[Si](CCCl)(OC)OCC. The molecule has 0 aliphatic heterocycles. The van der Waals surface area contributed by atoms with E-state index >= 15 is 0 Å². The topological polar surface area (TPSA) is 27.7 Å². The highest BCUT2D eigenvalue weighted by atomic mass is 35.5. The van der Waals surface area contributed by atoms with E-state index in [9.17, 15) is 0 Å². The first-order valence-electron chi connectivity index (χ1n) is 4.13. The van der Waals surface area contributed by atoms with Crippen LogP contribution >= 0.6 is 11.6 Å². The monoisotopic (exact) mass is 212 g/mol. The summed E-state index contributed by atoms with van der Waals surface area (Å²) in [7, 11) is -0.786. The summed E-state index contributed by atoms with van der Waals surface area (Å²) in [6, 6.07) is 0.673. The lowest BCUT2D eigenvalue weighted by Gasteiger charge is -2.26. The van der Waals surface area contributed by atoms with Gasteiger partial charge < -0.3 is 13.3 Å². The van der Waals surface area contributed by atoms with Crippen LogP contribution in [0.2, 0.25) is 6.04 Å². The summed E-state index contributed by atoms with van der Waals surface area (Å²) in [6.07, 6.45) is 0. The van der Waals surface area contributed by atoms with Gasteiger partial charge in [0.05, 0.1) is 0 Å². The summed E-state index contributed by atoms with van der Waals surface area (Å²) in [4.78, 5) is 0. The average molecular weight is 213 g/mol. The molecule has 0 radical (unpaired) electrons. The molecule has 0 unspecified atom stereocenters. The maximum Gasteiger partial charge on any atom is 0.501 e. The Morgan fingerprint density at radius 3 is 1.92 bits per heavy atom. The van der Waals surface area contributed by atoms with E-state index in [4.69, 9.17) is 24.9 Å². The Labute approximate surface area is 80.3 Å². The van der Waals surface area contributed by atoms with Crippen LogP contribution in [-0.4, -0.2) is 35.0 Å². The van der Waals surface area contributed by atoms with E-state index in [1.54, 1.807) is 7.11 Å². The molecule has 0 amide bonds. The summed E-state index contributed by atoms with van der Waals surface area (Å²) < 4.78 is 16.2. The quantitative estimate of drug-likeness (QED) is 0.477. The molecule has 0 aromatic carbocycles. The van der Waals surface area contributed by atoms with E-state index in [0.717, 1.165) is 0 Å². The highest BCUT2D eigenvalue weighted by Gasteiger charge is 2.38. The molecule has 0 saturated heterocycles. The lowest BCUT2D eigenvalue weighted by Crippen LogP contribution is -2.45. The fourth-order valence-corrected chi connectivity index (χ4v) is 3.58. The minimum atomic E-state index is -2.40. The molecule has 74 valence electrons. The first-order valence-corrected chi connectivity index (χ1v) is 6.60. The molecular formula is C7H17ClO3Si. The van der Waals surface area contributed by atoms with Crippen LogP contribution in [0.1, 0.15) is 13.8 Å². The molecule has 0 bridgehead atoms. The Hall–Kier alpha value is 0.387. The highest BCUT2D eigenvalue weighted by Crippen LogP contribution is 2.15. The number of hydrogen-bond acceptors (Lipinski definition) is 3. The Bertz CT molecular complexity index is 95.8. The maximum atomic E-state index is 5.63. The number of halogens is 1. The van der Waals surface area contributed by atoms with Crippen molar-refractivity contribution in [2.45, 2.75) is 19.9 Å². The zero-order chi connectivity index (χ0) is 9.45.